The predicted molar refractivity (Wildman–Crippen MR) is 138 cm³/mol. The van der Waals surface area contributed by atoms with Crippen LogP contribution >= 0.6 is 34.9 Å². The first-order chi connectivity index (χ1) is 17.9. The van der Waals surface area contributed by atoms with Gasteiger partial charge >= 0.3 is 5.97 Å². The molecule has 0 spiro atoms. The number of fused-ring (bicyclic) bond motifs is 1. The number of benzene rings is 1. The molecule has 37 heavy (non-hydrogen) atoms. The van der Waals surface area contributed by atoms with Gasteiger partial charge in [-0.2, -0.15) is 9.36 Å². The van der Waals surface area contributed by atoms with Crippen molar-refractivity contribution in [2.24, 2.45) is 5.16 Å². The van der Waals surface area contributed by atoms with Gasteiger partial charge in [-0.25, -0.2) is 4.79 Å². The number of amides is 2. The second-order valence-electron chi connectivity index (χ2n) is 7.68. The predicted octanol–water partition coefficient (Wildman–Crippen LogP) is 1.51. The zero-order valence-electron chi connectivity index (χ0n) is 19.8. The van der Waals surface area contributed by atoms with E-state index in [2.05, 4.69) is 19.8 Å². The van der Waals surface area contributed by atoms with Crippen LogP contribution in [0.15, 0.2) is 40.7 Å². The number of halogens is 1. The fraction of sp³-hybridized carbons (Fsp3) is 0.364. The molecule has 12 nitrogen and oxygen atoms in total. The summed E-state index contributed by atoms with van der Waals surface area (Å²) in [5.74, 6) is -0.753. The number of β-lactam (4-membered cyclic amide) rings is 1. The SMILES string of the molecule is CCO/N=C(\C(=O)NC1C(=O)N2C(C(=O)OCc3ccc(OC)cc3)=C(CCl)CSC12)c1nsc(N)n1. The van der Waals surface area contributed by atoms with Crippen molar-refractivity contribution < 1.29 is 28.7 Å². The molecule has 2 aromatic rings. The lowest BCUT2D eigenvalue weighted by molar-refractivity contribution is -0.153. The van der Waals surface area contributed by atoms with E-state index >= 15 is 0 Å². The van der Waals surface area contributed by atoms with Crippen molar-refractivity contribution in [3.63, 3.8) is 0 Å². The monoisotopic (exact) mass is 566 g/mol. The average Bonchev–Trinajstić information content (AvgIpc) is 3.35. The summed E-state index contributed by atoms with van der Waals surface area (Å²) in [7, 11) is 1.56. The van der Waals surface area contributed by atoms with Gasteiger partial charge in [0.15, 0.2) is 5.13 Å². The third kappa shape index (κ3) is 5.65. The Kier molecular flexibility index (Phi) is 8.51. The first-order valence-corrected chi connectivity index (χ1v) is 13.4. The number of thioether (sulfide) groups is 1. The minimum absolute atomic E-state index is 0.00290. The number of carbonyl (C=O) groups is 3. The molecule has 1 saturated heterocycles. The quantitative estimate of drug-likeness (QED) is 0.142. The molecule has 2 unspecified atom stereocenters. The highest BCUT2D eigenvalue weighted by molar-refractivity contribution is 8.00. The highest BCUT2D eigenvalue weighted by Crippen LogP contribution is 2.41. The Bertz CT molecular complexity index is 1250. The van der Waals surface area contributed by atoms with Crippen LogP contribution in [0.25, 0.3) is 0 Å². The van der Waals surface area contributed by atoms with Crippen LogP contribution < -0.4 is 15.8 Å². The Morgan fingerprint density at radius 2 is 2.08 bits per heavy atom. The van der Waals surface area contributed by atoms with E-state index < -0.39 is 29.2 Å². The zero-order chi connectivity index (χ0) is 26.5. The summed E-state index contributed by atoms with van der Waals surface area (Å²) < 4.78 is 14.6. The fourth-order valence-electron chi connectivity index (χ4n) is 3.57. The number of nitrogens with zero attached hydrogens (tertiary/aromatic N) is 4. The maximum Gasteiger partial charge on any atom is 0.355 e. The standard InChI is InChI=1S/C22H23ClN6O6S2/c1-3-35-27-14(17-26-22(24)37-28-17)18(30)25-15-19(31)29-16(12(8-23)10-36-20(15)29)21(32)34-9-11-4-6-13(33-2)7-5-11/h4-7,15,20H,3,8-10H2,1-2H3,(H,25,30)(H2,24,26,28)/b27-14-. The normalized spacial score (nSPS) is 19.2. The number of hydrogen-bond acceptors (Lipinski definition) is 12. The topological polar surface area (TPSA) is 158 Å². The van der Waals surface area contributed by atoms with E-state index in [0.29, 0.717) is 17.1 Å². The molecule has 15 heteroatoms. The number of methoxy groups -OCH3 is 1. The summed E-state index contributed by atoms with van der Waals surface area (Å²) in [6.45, 7) is 1.91. The number of esters is 1. The van der Waals surface area contributed by atoms with Crippen LogP contribution in [0.5, 0.6) is 5.75 Å². The Morgan fingerprint density at radius 1 is 1.32 bits per heavy atom. The maximum absolute atomic E-state index is 13.1. The molecule has 2 aliphatic heterocycles. The minimum atomic E-state index is -0.915. The lowest BCUT2D eigenvalue weighted by Crippen LogP contribution is -2.71. The van der Waals surface area contributed by atoms with Gasteiger partial charge in [-0.05, 0) is 30.2 Å². The van der Waals surface area contributed by atoms with Crippen LogP contribution in [0.1, 0.15) is 18.3 Å². The summed E-state index contributed by atoms with van der Waals surface area (Å²) in [5.41, 5.74) is 6.83. The zero-order valence-corrected chi connectivity index (χ0v) is 22.2. The Balaban J connectivity index is 1.46. The summed E-state index contributed by atoms with van der Waals surface area (Å²) in [5, 5.41) is 6.05. The Morgan fingerprint density at radius 3 is 2.70 bits per heavy atom. The third-order valence-electron chi connectivity index (χ3n) is 5.37. The van der Waals surface area contributed by atoms with Gasteiger partial charge in [0.2, 0.25) is 11.5 Å². The minimum Gasteiger partial charge on any atom is -0.497 e. The van der Waals surface area contributed by atoms with Crippen LogP contribution in [-0.4, -0.2) is 74.5 Å². The van der Waals surface area contributed by atoms with Crippen molar-refractivity contribution in [1.29, 1.82) is 0 Å². The van der Waals surface area contributed by atoms with Crippen molar-refractivity contribution in [2.75, 3.05) is 31.1 Å². The number of ether oxygens (including phenoxy) is 2. The van der Waals surface area contributed by atoms with E-state index in [9.17, 15) is 14.4 Å². The number of oxime groups is 1. The van der Waals surface area contributed by atoms with E-state index in [1.807, 2.05) is 0 Å². The van der Waals surface area contributed by atoms with Gasteiger partial charge in [0.1, 0.15) is 36.1 Å². The van der Waals surface area contributed by atoms with Crippen molar-refractivity contribution in [1.82, 2.24) is 19.6 Å². The molecule has 1 aromatic heterocycles. The van der Waals surface area contributed by atoms with Crippen LogP contribution in [0.2, 0.25) is 0 Å². The van der Waals surface area contributed by atoms with Gasteiger partial charge in [-0.3, -0.25) is 14.5 Å². The fourth-order valence-corrected chi connectivity index (χ4v) is 5.68. The number of anilines is 1. The molecule has 2 aliphatic rings. The van der Waals surface area contributed by atoms with Crippen LogP contribution in [-0.2, 0) is 30.6 Å². The second-order valence-corrected chi connectivity index (χ2v) is 9.84. The highest BCUT2D eigenvalue weighted by Gasteiger charge is 2.54. The number of hydrogen-bond donors (Lipinski definition) is 2. The van der Waals surface area contributed by atoms with Crippen molar-refractivity contribution in [2.45, 2.75) is 24.9 Å². The molecule has 0 saturated carbocycles. The van der Waals surface area contributed by atoms with Gasteiger partial charge in [0.25, 0.3) is 11.8 Å². The number of aromatic nitrogens is 2. The van der Waals surface area contributed by atoms with Crippen LogP contribution in [0.3, 0.4) is 0 Å². The number of nitrogens with one attached hydrogen (secondary N) is 1. The molecular weight excluding hydrogens is 544 g/mol. The molecular formula is C22H23ClN6O6S2. The number of nitrogen functional groups attached to an aromatic ring is 1. The molecule has 1 fully saturated rings. The largest absolute Gasteiger partial charge is 0.497 e. The first kappa shape index (κ1) is 26.7. The molecule has 2 amide bonds. The van der Waals surface area contributed by atoms with Crippen molar-refractivity contribution >= 4 is 63.5 Å². The smallest absolute Gasteiger partial charge is 0.355 e. The average molecular weight is 567 g/mol. The molecule has 3 N–H and O–H groups in total. The molecule has 2 atom stereocenters. The molecule has 1 aromatic carbocycles. The van der Waals surface area contributed by atoms with Gasteiger partial charge in [-0.1, -0.05) is 17.3 Å². The summed E-state index contributed by atoms with van der Waals surface area (Å²) in [4.78, 5) is 49.4. The van der Waals surface area contributed by atoms with Crippen molar-refractivity contribution in [3.8, 4) is 5.75 Å². The number of rotatable bonds is 10. The van der Waals surface area contributed by atoms with Gasteiger partial charge in [-0.15, -0.1) is 23.4 Å². The van der Waals surface area contributed by atoms with Gasteiger partial charge in [0, 0.05) is 23.2 Å². The van der Waals surface area contributed by atoms with E-state index in [-0.39, 0.29) is 41.5 Å². The molecule has 3 heterocycles. The molecule has 196 valence electrons. The Labute approximate surface area is 225 Å². The van der Waals surface area contributed by atoms with Gasteiger partial charge < -0.3 is 25.4 Å². The highest BCUT2D eigenvalue weighted by atomic mass is 35.5. The lowest BCUT2D eigenvalue weighted by atomic mass is 10.0. The number of carbonyl (C=O) groups excluding carboxylic acids is 3. The van der Waals surface area contributed by atoms with Crippen molar-refractivity contribution in [3.05, 3.63) is 46.9 Å². The van der Waals surface area contributed by atoms with Crippen LogP contribution in [0.4, 0.5) is 5.13 Å². The molecule has 0 radical (unpaired) electrons. The van der Waals surface area contributed by atoms with E-state index in [1.165, 1.54) is 16.7 Å². The third-order valence-corrected chi connectivity index (χ3v) is 7.58. The molecule has 4 rings (SSSR count). The summed E-state index contributed by atoms with van der Waals surface area (Å²) in [6, 6.07) is 6.14. The molecule has 0 aliphatic carbocycles. The lowest BCUT2D eigenvalue weighted by Gasteiger charge is -2.49. The van der Waals surface area contributed by atoms with Crippen LogP contribution in [0, 0.1) is 0 Å². The number of nitrogens with two attached hydrogens (primary N) is 1. The maximum atomic E-state index is 13.1. The summed E-state index contributed by atoms with van der Waals surface area (Å²) in [6.07, 6.45) is 0. The second kappa shape index (κ2) is 11.8. The van der Waals surface area contributed by atoms with E-state index in [0.717, 1.165) is 17.1 Å². The Hall–Kier alpha value is -3.36. The summed E-state index contributed by atoms with van der Waals surface area (Å²) >= 11 is 8.35. The first-order valence-electron chi connectivity index (χ1n) is 11.0. The van der Waals surface area contributed by atoms with Gasteiger partial charge in [0.05, 0.1) is 7.11 Å². The van der Waals surface area contributed by atoms with E-state index in [1.54, 1.807) is 38.3 Å². The number of alkyl halides is 1. The van der Waals surface area contributed by atoms with E-state index in [4.69, 9.17) is 31.6 Å². The molecule has 0 bridgehead atoms.